The molecule has 8 nitrogen and oxygen atoms in total. The van der Waals surface area contributed by atoms with Crippen molar-refractivity contribution >= 4 is 16.8 Å². The third-order valence-electron chi connectivity index (χ3n) is 4.76. The molecule has 2 aromatic heterocycles. The van der Waals surface area contributed by atoms with Gasteiger partial charge < -0.3 is 14.1 Å². The molecule has 2 heterocycles. The summed E-state index contributed by atoms with van der Waals surface area (Å²) in [6, 6.07) is 13.0. The predicted molar refractivity (Wildman–Crippen MR) is 119 cm³/mol. The van der Waals surface area contributed by atoms with Crippen LogP contribution in [0.2, 0.25) is 0 Å². The van der Waals surface area contributed by atoms with Crippen LogP contribution in [0.5, 0.6) is 5.75 Å². The molecule has 2 aromatic carbocycles. The Morgan fingerprint density at radius 1 is 1.21 bits per heavy atom. The van der Waals surface area contributed by atoms with E-state index in [-0.39, 0.29) is 24.5 Å². The van der Waals surface area contributed by atoms with E-state index in [9.17, 15) is 14.0 Å². The summed E-state index contributed by atoms with van der Waals surface area (Å²) in [5.41, 5.74) is 0.606. The molecule has 9 heteroatoms. The Bertz CT molecular complexity index is 1390. The Morgan fingerprint density at radius 3 is 2.82 bits per heavy atom. The Hall–Kier alpha value is -4.27. The van der Waals surface area contributed by atoms with Crippen LogP contribution in [0.3, 0.4) is 0 Å². The second-order valence-electron chi connectivity index (χ2n) is 7.58. The maximum atomic E-state index is 13.8. The molecule has 168 valence electrons. The molecule has 4 rings (SSSR count). The van der Waals surface area contributed by atoms with E-state index in [1.807, 2.05) is 0 Å². The van der Waals surface area contributed by atoms with E-state index in [0.717, 1.165) is 0 Å². The number of allylic oxidation sites excluding steroid dienone is 1. The molecule has 0 radical (unpaired) electrons. The van der Waals surface area contributed by atoms with Crippen LogP contribution in [0.1, 0.15) is 21.6 Å². The van der Waals surface area contributed by atoms with E-state index in [4.69, 9.17) is 9.15 Å². The topological polar surface area (TPSA) is 90.5 Å². The summed E-state index contributed by atoms with van der Waals surface area (Å²) >= 11 is 0. The number of ketones is 1. The van der Waals surface area contributed by atoms with Gasteiger partial charge in [-0.3, -0.25) is 4.79 Å². The monoisotopic (exact) mass is 448 g/mol. The van der Waals surface area contributed by atoms with Gasteiger partial charge in [0.05, 0.1) is 12.7 Å². The molecule has 0 bridgehead atoms. The van der Waals surface area contributed by atoms with Crippen molar-refractivity contribution in [3.8, 4) is 5.75 Å². The highest BCUT2D eigenvalue weighted by molar-refractivity contribution is 6.05. The van der Waals surface area contributed by atoms with Gasteiger partial charge in [0.1, 0.15) is 35.0 Å². The molecule has 0 saturated heterocycles. The molecule has 4 aromatic rings. The van der Waals surface area contributed by atoms with Crippen LogP contribution >= 0.6 is 0 Å². The highest BCUT2D eigenvalue weighted by Gasteiger charge is 2.12. The second-order valence-corrected chi connectivity index (χ2v) is 7.58. The standard InChI is InChI=1S/C24H21FN4O4/c1-28(2)10-9-22(30)20-11-16-7-8-19(12-23(16)33-24(20)31)32-15-18-14-29(27-26-18)13-17-5-3-4-6-21(17)25/h3-12,14H,13,15H2,1-2H3/b10-9+. The number of carbonyl (C=O) groups is 1. The normalized spacial score (nSPS) is 11.2. The van der Waals surface area contributed by atoms with Crippen LogP contribution in [0.15, 0.2) is 76.2 Å². The number of carbonyl (C=O) groups excluding carboxylic acids is 1. The van der Waals surface area contributed by atoms with Crippen molar-refractivity contribution in [2.45, 2.75) is 13.2 Å². The summed E-state index contributed by atoms with van der Waals surface area (Å²) < 4.78 is 26.4. The van der Waals surface area contributed by atoms with Gasteiger partial charge in [-0.05, 0) is 24.3 Å². The summed E-state index contributed by atoms with van der Waals surface area (Å²) in [5, 5.41) is 8.63. The minimum Gasteiger partial charge on any atom is -0.487 e. The first-order valence-corrected chi connectivity index (χ1v) is 10.1. The highest BCUT2D eigenvalue weighted by Crippen LogP contribution is 2.21. The molecule has 0 spiro atoms. The molecule has 0 atom stereocenters. The van der Waals surface area contributed by atoms with Gasteiger partial charge in [0, 0.05) is 43.4 Å². The number of hydrogen-bond donors (Lipinski definition) is 0. The molecule has 0 aliphatic heterocycles. The van der Waals surface area contributed by atoms with Crippen molar-refractivity contribution < 1.29 is 18.3 Å². The number of halogens is 1. The smallest absolute Gasteiger partial charge is 0.347 e. The molecule has 0 saturated carbocycles. The molecule has 0 amide bonds. The maximum absolute atomic E-state index is 13.8. The third-order valence-corrected chi connectivity index (χ3v) is 4.76. The van der Waals surface area contributed by atoms with Crippen molar-refractivity contribution in [2.75, 3.05) is 14.1 Å². The summed E-state index contributed by atoms with van der Waals surface area (Å²) in [6.45, 7) is 0.379. The van der Waals surface area contributed by atoms with E-state index >= 15 is 0 Å². The molecule has 0 N–H and O–H groups in total. The van der Waals surface area contributed by atoms with Gasteiger partial charge >= 0.3 is 5.63 Å². The van der Waals surface area contributed by atoms with Gasteiger partial charge in [-0.2, -0.15) is 0 Å². The summed E-state index contributed by atoms with van der Waals surface area (Å²) in [7, 11) is 3.55. The van der Waals surface area contributed by atoms with E-state index in [1.165, 1.54) is 22.9 Å². The van der Waals surface area contributed by atoms with Gasteiger partial charge in [-0.1, -0.05) is 23.4 Å². The molecule has 0 aliphatic rings. The van der Waals surface area contributed by atoms with Crippen LogP contribution in [0.25, 0.3) is 11.0 Å². The number of benzene rings is 2. The van der Waals surface area contributed by atoms with Crippen molar-refractivity contribution in [1.29, 1.82) is 0 Å². The van der Waals surface area contributed by atoms with E-state index in [2.05, 4.69) is 10.3 Å². The molecule has 0 unspecified atom stereocenters. The number of hydrogen-bond acceptors (Lipinski definition) is 7. The predicted octanol–water partition coefficient (Wildman–Crippen LogP) is 3.41. The Balaban J connectivity index is 1.45. The lowest BCUT2D eigenvalue weighted by atomic mass is 10.1. The zero-order valence-corrected chi connectivity index (χ0v) is 18.1. The lowest BCUT2D eigenvalue weighted by Gasteiger charge is -2.06. The summed E-state index contributed by atoms with van der Waals surface area (Å²) in [6.07, 6.45) is 4.55. The summed E-state index contributed by atoms with van der Waals surface area (Å²) in [4.78, 5) is 26.2. The SMILES string of the molecule is CN(C)/C=C/C(=O)c1cc2ccc(OCc3cn(Cc4ccccc4F)nn3)cc2oc1=O. The van der Waals surface area contributed by atoms with Crippen LogP contribution < -0.4 is 10.4 Å². The number of aromatic nitrogens is 3. The minimum atomic E-state index is -0.718. The van der Waals surface area contributed by atoms with Crippen LogP contribution in [-0.4, -0.2) is 39.8 Å². The van der Waals surface area contributed by atoms with Gasteiger partial charge in [-0.25, -0.2) is 13.9 Å². The van der Waals surface area contributed by atoms with Crippen molar-refractivity contribution in [1.82, 2.24) is 19.9 Å². The average Bonchev–Trinajstić information content (AvgIpc) is 3.24. The molecule has 0 aliphatic carbocycles. The quantitative estimate of drug-likeness (QED) is 0.232. The molecular formula is C24H21FN4O4. The highest BCUT2D eigenvalue weighted by atomic mass is 19.1. The van der Waals surface area contributed by atoms with Crippen molar-refractivity contribution in [3.63, 3.8) is 0 Å². The van der Waals surface area contributed by atoms with Gasteiger partial charge in [0.2, 0.25) is 0 Å². The van der Waals surface area contributed by atoms with E-state index in [0.29, 0.717) is 28.0 Å². The Kier molecular flexibility index (Phi) is 6.30. The third kappa shape index (κ3) is 5.32. The van der Waals surface area contributed by atoms with Gasteiger partial charge in [0.25, 0.3) is 0 Å². The maximum Gasteiger partial charge on any atom is 0.347 e. The van der Waals surface area contributed by atoms with E-state index < -0.39 is 11.4 Å². The lowest BCUT2D eigenvalue weighted by Crippen LogP contribution is -2.13. The first-order valence-electron chi connectivity index (χ1n) is 10.1. The lowest BCUT2D eigenvalue weighted by molar-refractivity contribution is 0.104. The van der Waals surface area contributed by atoms with Crippen molar-refractivity contribution in [2.24, 2.45) is 0 Å². The largest absolute Gasteiger partial charge is 0.487 e. The molecular weight excluding hydrogens is 427 g/mol. The van der Waals surface area contributed by atoms with Crippen LogP contribution in [0, 0.1) is 5.82 Å². The fraction of sp³-hybridized carbons (Fsp3) is 0.167. The Labute approximate surface area is 188 Å². The zero-order valence-electron chi connectivity index (χ0n) is 18.1. The molecule has 0 fully saturated rings. The fourth-order valence-corrected chi connectivity index (χ4v) is 3.10. The first kappa shape index (κ1) is 21.9. The van der Waals surface area contributed by atoms with Gasteiger partial charge in [0.15, 0.2) is 5.78 Å². The number of ether oxygens (including phenoxy) is 1. The van der Waals surface area contributed by atoms with E-state index in [1.54, 1.807) is 67.8 Å². The van der Waals surface area contributed by atoms with Crippen LogP contribution in [-0.2, 0) is 13.2 Å². The summed E-state index contributed by atoms with van der Waals surface area (Å²) in [5.74, 6) is -0.277. The average molecular weight is 448 g/mol. The van der Waals surface area contributed by atoms with Crippen LogP contribution in [0.4, 0.5) is 4.39 Å². The number of rotatable bonds is 8. The number of nitrogens with zero attached hydrogens (tertiary/aromatic N) is 4. The number of fused-ring (bicyclic) bond motifs is 1. The van der Waals surface area contributed by atoms with Crippen molar-refractivity contribution in [3.05, 3.63) is 100 Å². The zero-order chi connectivity index (χ0) is 23.4. The van der Waals surface area contributed by atoms with Gasteiger partial charge in [-0.15, -0.1) is 5.10 Å². The minimum absolute atomic E-state index is 0.0410. The first-order chi connectivity index (χ1) is 15.9. The second kappa shape index (κ2) is 9.47. The Morgan fingerprint density at radius 2 is 2.03 bits per heavy atom. The molecule has 33 heavy (non-hydrogen) atoms. The fourth-order valence-electron chi connectivity index (χ4n) is 3.10.